The SMILES string of the molecule is CCC(=O)/C(C)=C/[C@H](C(C)C)N(C)C(=O)[C@@H](NC(=O)[C@H]1CCCCN1C(C)C)C(C)(C)C. The summed E-state index contributed by atoms with van der Waals surface area (Å²) in [6, 6.07) is -0.779. The van der Waals surface area contributed by atoms with E-state index in [1.54, 1.807) is 11.9 Å². The van der Waals surface area contributed by atoms with E-state index in [-0.39, 0.29) is 41.6 Å². The van der Waals surface area contributed by atoms with Crippen LogP contribution in [0.2, 0.25) is 0 Å². The number of allylic oxidation sites excluding steroid dienone is 1. The van der Waals surface area contributed by atoms with Crippen LogP contribution in [0.15, 0.2) is 11.6 Å². The summed E-state index contributed by atoms with van der Waals surface area (Å²) < 4.78 is 0. The maximum atomic E-state index is 13.7. The van der Waals surface area contributed by atoms with E-state index in [0.29, 0.717) is 12.0 Å². The number of rotatable bonds is 9. The molecule has 1 rings (SSSR count). The van der Waals surface area contributed by atoms with E-state index in [9.17, 15) is 14.4 Å². The summed E-state index contributed by atoms with van der Waals surface area (Å²) in [5, 5.41) is 3.11. The van der Waals surface area contributed by atoms with E-state index in [0.717, 1.165) is 25.8 Å². The molecular formula is C26H47N3O3. The van der Waals surface area contributed by atoms with Crippen LogP contribution in [0.3, 0.4) is 0 Å². The van der Waals surface area contributed by atoms with Gasteiger partial charge in [-0.3, -0.25) is 19.3 Å². The topological polar surface area (TPSA) is 69.7 Å². The molecule has 6 nitrogen and oxygen atoms in total. The first-order chi connectivity index (χ1) is 14.7. The smallest absolute Gasteiger partial charge is 0.245 e. The van der Waals surface area contributed by atoms with Gasteiger partial charge in [0.2, 0.25) is 11.8 Å². The van der Waals surface area contributed by atoms with Gasteiger partial charge in [0.15, 0.2) is 5.78 Å². The van der Waals surface area contributed by atoms with Crippen LogP contribution in [-0.2, 0) is 14.4 Å². The van der Waals surface area contributed by atoms with E-state index >= 15 is 0 Å². The third kappa shape index (κ3) is 7.43. The van der Waals surface area contributed by atoms with Crippen molar-refractivity contribution in [3.8, 4) is 0 Å². The predicted octanol–water partition coefficient (Wildman–Crippen LogP) is 4.19. The average molecular weight is 450 g/mol. The normalized spacial score (nSPS) is 20.2. The van der Waals surface area contributed by atoms with Gasteiger partial charge in [0.05, 0.1) is 12.1 Å². The minimum Gasteiger partial charge on any atom is -0.342 e. The van der Waals surface area contributed by atoms with Crippen LogP contribution in [0.5, 0.6) is 0 Å². The van der Waals surface area contributed by atoms with E-state index in [2.05, 4.69) is 24.1 Å². The summed E-state index contributed by atoms with van der Waals surface area (Å²) in [7, 11) is 1.78. The van der Waals surface area contributed by atoms with E-state index in [1.165, 1.54) is 0 Å². The van der Waals surface area contributed by atoms with Gasteiger partial charge in [0.25, 0.3) is 0 Å². The summed E-state index contributed by atoms with van der Waals surface area (Å²) >= 11 is 0. The summed E-state index contributed by atoms with van der Waals surface area (Å²) in [6.45, 7) is 18.8. The summed E-state index contributed by atoms with van der Waals surface area (Å²) in [6.07, 6.45) is 5.29. The number of hydrogen-bond donors (Lipinski definition) is 1. The number of hydrogen-bond acceptors (Lipinski definition) is 4. The Morgan fingerprint density at radius 1 is 1.12 bits per heavy atom. The number of carbonyl (C=O) groups is 3. The first-order valence-electron chi connectivity index (χ1n) is 12.3. The van der Waals surface area contributed by atoms with Crippen LogP contribution >= 0.6 is 0 Å². The van der Waals surface area contributed by atoms with Gasteiger partial charge < -0.3 is 10.2 Å². The number of likely N-dealkylation sites (N-methyl/N-ethyl adjacent to an activating group) is 1. The molecule has 1 N–H and O–H groups in total. The zero-order chi connectivity index (χ0) is 24.8. The number of amides is 2. The average Bonchev–Trinajstić information content (AvgIpc) is 2.72. The molecule has 0 aliphatic carbocycles. The molecule has 184 valence electrons. The fourth-order valence-electron chi connectivity index (χ4n) is 4.47. The van der Waals surface area contributed by atoms with Crippen molar-refractivity contribution in [2.45, 2.75) is 112 Å². The molecule has 0 saturated carbocycles. The van der Waals surface area contributed by atoms with Gasteiger partial charge in [0.1, 0.15) is 6.04 Å². The van der Waals surface area contributed by atoms with Gasteiger partial charge >= 0.3 is 0 Å². The van der Waals surface area contributed by atoms with E-state index < -0.39 is 11.5 Å². The van der Waals surface area contributed by atoms with Crippen molar-refractivity contribution in [1.29, 1.82) is 0 Å². The second kappa shape index (κ2) is 12.0. The molecule has 1 saturated heterocycles. The second-order valence-electron chi connectivity index (χ2n) is 11.0. The van der Waals surface area contributed by atoms with E-state index in [1.807, 2.05) is 54.5 Å². The minimum atomic E-state index is -0.646. The van der Waals surface area contributed by atoms with Crippen molar-refractivity contribution in [2.24, 2.45) is 11.3 Å². The Morgan fingerprint density at radius 2 is 1.72 bits per heavy atom. The Kier molecular flexibility index (Phi) is 10.6. The quantitative estimate of drug-likeness (QED) is 0.536. The Labute approximate surface area is 196 Å². The highest BCUT2D eigenvalue weighted by Crippen LogP contribution is 2.26. The van der Waals surface area contributed by atoms with E-state index in [4.69, 9.17) is 0 Å². The first-order valence-corrected chi connectivity index (χ1v) is 12.3. The number of carbonyl (C=O) groups excluding carboxylic acids is 3. The molecule has 0 bridgehead atoms. The molecule has 1 heterocycles. The van der Waals surface area contributed by atoms with Crippen molar-refractivity contribution in [1.82, 2.24) is 15.1 Å². The van der Waals surface area contributed by atoms with Crippen LogP contribution in [0.1, 0.15) is 88.0 Å². The highest BCUT2D eigenvalue weighted by molar-refractivity contribution is 5.95. The highest BCUT2D eigenvalue weighted by Gasteiger charge is 2.39. The molecule has 0 aromatic rings. The third-order valence-electron chi connectivity index (χ3n) is 6.57. The largest absolute Gasteiger partial charge is 0.342 e. The maximum Gasteiger partial charge on any atom is 0.245 e. The number of piperidine rings is 1. The molecule has 2 amide bonds. The lowest BCUT2D eigenvalue weighted by Gasteiger charge is -2.41. The molecular weight excluding hydrogens is 402 g/mol. The number of nitrogens with zero attached hydrogens (tertiary/aromatic N) is 2. The van der Waals surface area contributed by atoms with Crippen LogP contribution in [-0.4, -0.2) is 65.2 Å². The summed E-state index contributed by atoms with van der Waals surface area (Å²) in [5.74, 6) is 0.0383. The molecule has 1 fully saturated rings. The number of nitrogens with one attached hydrogen (secondary N) is 1. The van der Waals surface area contributed by atoms with Crippen molar-refractivity contribution < 1.29 is 14.4 Å². The number of Topliss-reactive ketones (excluding diaryl/α,β-unsaturated/α-hetero) is 1. The molecule has 1 aliphatic heterocycles. The van der Waals surface area contributed by atoms with Crippen LogP contribution < -0.4 is 5.32 Å². The highest BCUT2D eigenvalue weighted by atomic mass is 16.2. The Hall–Kier alpha value is -1.69. The van der Waals surface area contributed by atoms with Gasteiger partial charge in [-0.05, 0) is 57.1 Å². The van der Waals surface area contributed by atoms with Gasteiger partial charge in [-0.1, -0.05) is 54.0 Å². The van der Waals surface area contributed by atoms with Crippen molar-refractivity contribution >= 4 is 17.6 Å². The zero-order valence-corrected chi connectivity index (χ0v) is 22.1. The Bertz CT molecular complexity index is 691. The molecule has 0 aromatic carbocycles. The predicted molar refractivity (Wildman–Crippen MR) is 131 cm³/mol. The summed E-state index contributed by atoms with van der Waals surface area (Å²) in [4.78, 5) is 43.1. The molecule has 0 unspecified atom stereocenters. The van der Waals surface area contributed by atoms with Crippen molar-refractivity contribution in [2.75, 3.05) is 13.6 Å². The van der Waals surface area contributed by atoms with Gasteiger partial charge in [-0.25, -0.2) is 0 Å². The molecule has 0 spiro atoms. The fourth-order valence-corrected chi connectivity index (χ4v) is 4.47. The molecule has 0 aromatic heterocycles. The van der Waals surface area contributed by atoms with Crippen LogP contribution in [0.4, 0.5) is 0 Å². The van der Waals surface area contributed by atoms with Crippen molar-refractivity contribution in [3.63, 3.8) is 0 Å². The molecule has 1 aliphatic rings. The number of likely N-dealkylation sites (tertiary alicyclic amines) is 1. The Balaban J connectivity index is 3.16. The lowest BCUT2D eigenvalue weighted by atomic mass is 9.84. The fraction of sp³-hybridized carbons (Fsp3) is 0.808. The third-order valence-corrected chi connectivity index (χ3v) is 6.57. The minimum absolute atomic E-state index is 0.0611. The monoisotopic (exact) mass is 449 g/mol. The number of ketones is 1. The standard InChI is InChI=1S/C26H47N3O3/c1-11-22(30)19(6)16-21(17(2)3)28(10)25(32)23(26(7,8)9)27-24(31)20-14-12-13-15-29(20)18(4)5/h16-18,20-21,23H,11-15H2,1-10H3,(H,27,31)/b19-16+/t20-,21-,23-/m1/s1. The molecule has 32 heavy (non-hydrogen) atoms. The molecule has 0 radical (unpaired) electrons. The lowest BCUT2D eigenvalue weighted by molar-refractivity contribution is -0.142. The Morgan fingerprint density at radius 3 is 2.19 bits per heavy atom. The maximum absolute atomic E-state index is 13.7. The molecule has 6 heteroatoms. The lowest BCUT2D eigenvalue weighted by Crippen LogP contribution is -2.60. The van der Waals surface area contributed by atoms with Gasteiger partial charge in [-0.2, -0.15) is 0 Å². The van der Waals surface area contributed by atoms with Gasteiger partial charge in [0, 0.05) is 19.5 Å². The zero-order valence-electron chi connectivity index (χ0n) is 22.1. The van der Waals surface area contributed by atoms with Crippen LogP contribution in [0.25, 0.3) is 0 Å². The van der Waals surface area contributed by atoms with Gasteiger partial charge in [-0.15, -0.1) is 0 Å². The molecule has 3 atom stereocenters. The van der Waals surface area contributed by atoms with Crippen LogP contribution in [0, 0.1) is 11.3 Å². The summed E-state index contributed by atoms with van der Waals surface area (Å²) in [5.41, 5.74) is 0.231. The second-order valence-corrected chi connectivity index (χ2v) is 11.0. The van der Waals surface area contributed by atoms with Crippen molar-refractivity contribution in [3.05, 3.63) is 11.6 Å². The first kappa shape index (κ1) is 28.3.